The highest BCUT2D eigenvalue weighted by atomic mass is 32.2. The van der Waals surface area contributed by atoms with E-state index in [0.717, 1.165) is 0 Å². The van der Waals surface area contributed by atoms with Gasteiger partial charge in [0.05, 0.1) is 19.0 Å². The van der Waals surface area contributed by atoms with Crippen LogP contribution in [-0.4, -0.2) is 65.3 Å². The first-order chi connectivity index (χ1) is 13.9. The lowest BCUT2D eigenvalue weighted by Gasteiger charge is -2.28. The molecule has 0 bridgehead atoms. The molecule has 5 N–H and O–H groups in total. The van der Waals surface area contributed by atoms with Gasteiger partial charge in [-0.2, -0.15) is 4.31 Å². The minimum atomic E-state index is -5.22. The normalized spacial score (nSPS) is 26.8. The van der Waals surface area contributed by atoms with Crippen molar-refractivity contribution in [2.24, 2.45) is 5.41 Å². The van der Waals surface area contributed by atoms with E-state index in [1.807, 2.05) is 10.8 Å². The number of phosphoric ester groups is 1. The lowest BCUT2D eigenvalue weighted by atomic mass is 9.87. The van der Waals surface area contributed by atoms with E-state index in [1.54, 1.807) is 20.3 Å². The van der Waals surface area contributed by atoms with Gasteiger partial charge in [0.15, 0.2) is 22.1 Å². The number of aliphatic hydroxyl groups is 1. The smallest absolute Gasteiger partial charge is 0.392 e. The first-order valence-electron chi connectivity index (χ1n) is 8.76. The number of rotatable bonds is 8. The van der Waals surface area contributed by atoms with Gasteiger partial charge in [-0.3, -0.25) is 4.52 Å². The van der Waals surface area contributed by atoms with Crippen molar-refractivity contribution in [3.05, 3.63) is 6.33 Å². The van der Waals surface area contributed by atoms with Crippen molar-refractivity contribution in [3.63, 3.8) is 0 Å². The van der Waals surface area contributed by atoms with Crippen LogP contribution in [0.25, 0.3) is 11.2 Å². The Morgan fingerprint density at radius 3 is 2.67 bits per heavy atom. The van der Waals surface area contributed by atoms with Crippen LogP contribution in [0.15, 0.2) is 11.5 Å². The van der Waals surface area contributed by atoms with Crippen LogP contribution in [-0.2, 0) is 18.0 Å². The fraction of sp³-hybridized carbons (Fsp3) is 0.643. The van der Waals surface area contributed by atoms with Crippen LogP contribution in [0.1, 0.15) is 25.8 Å². The molecule has 0 saturated heterocycles. The quantitative estimate of drug-likeness (QED) is 0.207. The molecule has 1 unspecified atom stereocenters. The highest BCUT2D eigenvalue weighted by molar-refractivity contribution is 7.98. The summed E-state index contributed by atoms with van der Waals surface area (Å²) in [5.74, 6) is 0.573. The standard InChI is InChI=1S/C14H23N5O8P2S/c1-14(6-26-29(24,25)27-28(21,22)23)5-8(4-9(14)20)19-7-16-10-11(15-2)17-13(30-3)18-12(10)19/h7-9,20H,4-6H2,1-3H3,(H,24,25)(H,15,17,18)(H2,21,22,23)/t8-,9-,14+/m0/s1. The number of nitrogens with zero attached hydrogens (tertiary/aromatic N) is 4. The zero-order chi connectivity index (χ0) is 22.3. The van der Waals surface area contributed by atoms with Crippen LogP contribution in [0.3, 0.4) is 0 Å². The van der Waals surface area contributed by atoms with Crippen molar-refractivity contribution in [2.75, 3.05) is 25.2 Å². The van der Waals surface area contributed by atoms with Gasteiger partial charge in [-0.05, 0) is 19.1 Å². The fourth-order valence-electron chi connectivity index (χ4n) is 3.48. The van der Waals surface area contributed by atoms with Crippen molar-refractivity contribution in [3.8, 4) is 0 Å². The second-order valence-corrected chi connectivity index (χ2v) is 10.8. The van der Waals surface area contributed by atoms with Gasteiger partial charge in [0.1, 0.15) is 0 Å². The second kappa shape index (κ2) is 8.45. The number of imidazole rings is 1. The SMILES string of the molecule is CNc1nc(SC)nc2c1ncn2[C@H]1C[C@H](O)[C@@](C)(COP(=O)(O)OP(=O)(O)O)C1. The van der Waals surface area contributed by atoms with Crippen LogP contribution in [0, 0.1) is 5.41 Å². The van der Waals surface area contributed by atoms with E-state index < -0.39 is 33.8 Å². The Hall–Kier alpha value is -1.08. The van der Waals surface area contributed by atoms with E-state index >= 15 is 0 Å². The summed E-state index contributed by atoms with van der Waals surface area (Å²) in [6.45, 7) is 1.20. The molecule has 30 heavy (non-hydrogen) atoms. The molecule has 0 spiro atoms. The molecular formula is C14H23N5O8P2S. The molecule has 1 aliphatic rings. The monoisotopic (exact) mass is 483 g/mol. The molecule has 1 saturated carbocycles. The molecule has 2 aromatic rings. The Bertz CT molecular complexity index is 1030. The van der Waals surface area contributed by atoms with Gasteiger partial charge < -0.3 is 29.7 Å². The molecule has 16 heteroatoms. The van der Waals surface area contributed by atoms with Crippen LogP contribution in [0.4, 0.5) is 5.82 Å². The van der Waals surface area contributed by atoms with Crippen molar-refractivity contribution in [2.45, 2.75) is 37.1 Å². The van der Waals surface area contributed by atoms with Gasteiger partial charge in [-0.1, -0.05) is 18.7 Å². The maximum atomic E-state index is 11.8. The highest BCUT2D eigenvalue weighted by Crippen LogP contribution is 2.59. The molecule has 13 nitrogen and oxygen atoms in total. The Balaban J connectivity index is 1.82. The first-order valence-corrected chi connectivity index (χ1v) is 13.0. The van der Waals surface area contributed by atoms with Crippen LogP contribution in [0.5, 0.6) is 0 Å². The number of aromatic nitrogens is 4. The van der Waals surface area contributed by atoms with E-state index in [9.17, 15) is 19.1 Å². The first kappa shape index (κ1) is 23.6. The Kier molecular flexibility index (Phi) is 6.65. The minimum absolute atomic E-state index is 0.242. The average molecular weight is 483 g/mol. The van der Waals surface area contributed by atoms with Gasteiger partial charge in [-0.25, -0.2) is 24.1 Å². The molecule has 1 fully saturated rings. The number of phosphoric acid groups is 2. The van der Waals surface area contributed by atoms with E-state index in [0.29, 0.717) is 35.0 Å². The number of thioether (sulfide) groups is 1. The highest BCUT2D eigenvalue weighted by Gasteiger charge is 2.46. The summed E-state index contributed by atoms with van der Waals surface area (Å²) in [5, 5.41) is 14.1. The van der Waals surface area contributed by atoms with Gasteiger partial charge in [0, 0.05) is 18.5 Å². The van der Waals surface area contributed by atoms with E-state index in [-0.39, 0.29) is 6.04 Å². The largest absolute Gasteiger partial charge is 0.481 e. The van der Waals surface area contributed by atoms with E-state index in [4.69, 9.17) is 14.3 Å². The summed E-state index contributed by atoms with van der Waals surface area (Å²) >= 11 is 1.37. The predicted octanol–water partition coefficient (Wildman–Crippen LogP) is 1.52. The number of hydrogen-bond acceptors (Lipinski definition) is 10. The maximum absolute atomic E-state index is 11.8. The lowest BCUT2D eigenvalue weighted by molar-refractivity contribution is 0.0188. The Labute approximate surface area is 176 Å². The topological polar surface area (TPSA) is 189 Å². The van der Waals surface area contributed by atoms with Crippen LogP contribution in [0.2, 0.25) is 0 Å². The van der Waals surface area contributed by atoms with Crippen molar-refractivity contribution < 1.29 is 37.8 Å². The zero-order valence-corrected chi connectivity index (χ0v) is 19.0. The molecule has 0 amide bonds. The molecule has 4 atom stereocenters. The predicted molar refractivity (Wildman–Crippen MR) is 108 cm³/mol. The summed E-state index contributed by atoms with van der Waals surface area (Å²) < 4.78 is 32.9. The molecular weight excluding hydrogens is 460 g/mol. The molecule has 0 aliphatic heterocycles. The molecule has 2 aromatic heterocycles. The minimum Gasteiger partial charge on any atom is -0.392 e. The third kappa shape index (κ3) is 5.04. The Morgan fingerprint density at radius 2 is 2.07 bits per heavy atom. The number of fused-ring (bicyclic) bond motifs is 1. The summed E-state index contributed by atoms with van der Waals surface area (Å²) in [4.78, 5) is 40.2. The lowest BCUT2D eigenvalue weighted by Crippen LogP contribution is -2.31. The average Bonchev–Trinajstić information content (AvgIpc) is 3.19. The van der Waals surface area contributed by atoms with Crippen molar-refractivity contribution in [1.29, 1.82) is 0 Å². The number of aliphatic hydroxyl groups excluding tert-OH is 1. The van der Waals surface area contributed by atoms with Crippen molar-refractivity contribution >= 4 is 44.4 Å². The van der Waals surface area contributed by atoms with Gasteiger partial charge >= 0.3 is 15.6 Å². The third-order valence-corrected chi connectivity index (χ3v) is 7.66. The number of anilines is 1. The number of nitrogens with one attached hydrogen (secondary N) is 1. The van der Waals surface area contributed by atoms with E-state index in [1.165, 1.54) is 11.8 Å². The molecule has 168 valence electrons. The molecule has 2 heterocycles. The summed E-state index contributed by atoms with van der Waals surface area (Å²) in [6, 6.07) is -0.242. The molecule has 0 aromatic carbocycles. The van der Waals surface area contributed by atoms with Crippen molar-refractivity contribution in [1.82, 2.24) is 19.5 Å². The van der Waals surface area contributed by atoms with Crippen LogP contribution >= 0.6 is 27.4 Å². The summed E-state index contributed by atoms with van der Waals surface area (Å²) in [6.07, 6.45) is 3.17. The maximum Gasteiger partial charge on any atom is 0.481 e. The van der Waals surface area contributed by atoms with Gasteiger partial charge in [-0.15, -0.1) is 0 Å². The van der Waals surface area contributed by atoms with E-state index in [2.05, 4.69) is 24.6 Å². The summed E-state index contributed by atoms with van der Waals surface area (Å²) in [7, 11) is -8.49. The van der Waals surface area contributed by atoms with Gasteiger partial charge in [0.25, 0.3) is 0 Å². The number of hydrogen-bond donors (Lipinski definition) is 5. The fourth-order valence-corrected chi connectivity index (χ4v) is 5.57. The molecule has 3 rings (SSSR count). The zero-order valence-electron chi connectivity index (χ0n) is 16.4. The third-order valence-electron chi connectivity index (χ3n) is 4.98. The Morgan fingerprint density at radius 1 is 1.37 bits per heavy atom. The van der Waals surface area contributed by atoms with Crippen LogP contribution < -0.4 is 5.32 Å². The second-order valence-electron chi connectivity index (χ2n) is 7.21. The van der Waals surface area contributed by atoms with Gasteiger partial charge in [0.2, 0.25) is 0 Å². The summed E-state index contributed by atoms with van der Waals surface area (Å²) in [5.41, 5.74) is 0.183. The molecule has 0 radical (unpaired) electrons. The molecule has 1 aliphatic carbocycles.